The summed E-state index contributed by atoms with van der Waals surface area (Å²) in [5, 5.41) is 1.27. The summed E-state index contributed by atoms with van der Waals surface area (Å²) in [7, 11) is 0. The minimum atomic E-state index is -0.0182. The normalized spacial score (nSPS) is 10.9. The lowest BCUT2D eigenvalue weighted by atomic mass is 10.1. The van der Waals surface area contributed by atoms with Crippen LogP contribution in [-0.4, -0.2) is 10.8 Å². The standard InChI is InChI=1S/C15H9BrClNOS/c16-10-5-3-4-9(15(10)17)12(19)8-14-18-11-6-1-2-7-13(11)20-14/h1-7H,8H2. The minimum absolute atomic E-state index is 0.0182. The molecule has 5 heteroatoms. The Morgan fingerprint density at radius 1 is 1.20 bits per heavy atom. The minimum Gasteiger partial charge on any atom is -0.294 e. The Hall–Kier alpha value is -1.23. The topological polar surface area (TPSA) is 30.0 Å². The summed E-state index contributed by atoms with van der Waals surface area (Å²) in [6.07, 6.45) is 0.273. The molecule has 0 unspecified atom stereocenters. The second kappa shape index (κ2) is 5.64. The Morgan fingerprint density at radius 2 is 2.00 bits per heavy atom. The molecule has 1 aromatic heterocycles. The predicted molar refractivity (Wildman–Crippen MR) is 86.8 cm³/mol. The van der Waals surface area contributed by atoms with Crippen LogP contribution < -0.4 is 0 Å². The molecule has 100 valence electrons. The van der Waals surface area contributed by atoms with Crippen LogP contribution in [0.3, 0.4) is 0 Å². The molecule has 3 rings (SSSR count). The molecule has 0 aliphatic rings. The fourth-order valence-corrected chi connectivity index (χ4v) is 3.51. The van der Waals surface area contributed by atoms with Crippen molar-refractivity contribution in [1.29, 1.82) is 0 Å². The third-order valence-corrected chi connectivity index (χ3v) is 5.23. The Kier molecular flexibility index (Phi) is 3.87. The highest BCUT2D eigenvalue weighted by Crippen LogP contribution is 2.28. The molecule has 0 bridgehead atoms. The van der Waals surface area contributed by atoms with Crippen molar-refractivity contribution in [2.45, 2.75) is 6.42 Å². The number of hydrogen-bond acceptors (Lipinski definition) is 3. The zero-order valence-corrected chi connectivity index (χ0v) is 13.4. The van der Waals surface area contributed by atoms with Crippen LogP contribution in [0, 0.1) is 0 Å². The summed E-state index contributed by atoms with van der Waals surface area (Å²) in [5.41, 5.74) is 1.46. The van der Waals surface area contributed by atoms with Gasteiger partial charge in [-0.05, 0) is 40.2 Å². The van der Waals surface area contributed by atoms with Gasteiger partial charge in [-0.15, -0.1) is 11.3 Å². The van der Waals surface area contributed by atoms with Crippen molar-refractivity contribution in [3.63, 3.8) is 0 Å². The molecule has 20 heavy (non-hydrogen) atoms. The number of rotatable bonds is 3. The molecular formula is C15H9BrClNOS. The van der Waals surface area contributed by atoms with Crippen LogP contribution in [0.2, 0.25) is 5.02 Å². The maximum Gasteiger partial charge on any atom is 0.171 e. The zero-order chi connectivity index (χ0) is 14.1. The molecule has 0 atom stereocenters. The van der Waals surface area contributed by atoms with Gasteiger partial charge in [0.2, 0.25) is 0 Å². The van der Waals surface area contributed by atoms with Gasteiger partial charge in [-0.25, -0.2) is 4.98 Å². The monoisotopic (exact) mass is 365 g/mol. The van der Waals surface area contributed by atoms with Crippen LogP contribution in [0.15, 0.2) is 46.9 Å². The largest absolute Gasteiger partial charge is 0.294 e. The lowest BCUT2D eigenvalue weighted by Gasteiger charge is -2.03. The van der Waals surface area contributed by atoms with E-state index in [4.69, 9.17) is 11.6 Å². The first kappa shape index (κ1) is 13.7. The van der Waals surface area contributed by atoms with Gasteiger partial charge in [0.05, 0.1) is 21.7 Å². The summed E-state index contributed by atoms with van der Waals surface area (Å²) in [6.45, 7) is 0. The molecule has 0 radical (unpaired) electrons. The predicted octanol–water partition coefficient (Wildman–Crippen LogP) is 5.14. The van der Waals surface area contributed by atoms with Crippen molar-refractivity contribution < 1.29 is 4.79 Å². The van der Waals surface area contributed by atoms with Crippen molar-refractivity contribution in [2.75, 3.05) is 0 Å². The van der Waals surface area contributed by atoms with Gasteiger partial charge in [0, 0.05) is 10.0 Å². The average Bonchev–Trinajstić information content (AvgIpc) is 2.83. The zero-order valence-electron chi connectivity index (χ0n) is 10.3. The number of carbonyl (C=O) groups excluding carboxylic acids is 1. The SMILES string of the molecule is O=C(Cc1nc2ccccc2s1)c1cccc(Br)c1Cl. The summed E-state index contributed by atoms with van der Waals surface area (Å²) >= 11 is 11.0. The number of ketones is 1. The maximum atomic E-state index is 12.3. The van der Waals surface area contributed by atoms with Gasteiger partial charge in [0.15, 0.2) is 5.78 Å². The van der Waals surface area contributed by atoms with Crippen molar-refractivity contribution in [3.05, 3.63) is 62.5 Å². The summed E-state index contributed by atoms with van der Waals surface area (Å²) in [5.74, 6) is -0.0182. The molecule has 1 heterocycles. The van der Waals surface area contributed by atoms with Crippen LogP contribution in [0.5, 0.6) is 0 Å². The third kappa shape index (κ3) is 2.64. The Labute approximate surface area is 133 Å². The molecule has 2 aromatic carbocycles. The van der Waals surface area contributed by atoms with E-state index in [0.717, 1.165) is 19.7 Å². The van der Waals surface area contributed by atoms with Crippen LogP contribution in [-0.2, 0) is 6.42 Å². The number of fused-ring (bicyclic) bond motifs is 1. The van der Waals surface area contributed by atoms with Gasteiger partial charge in [-0.1, -0.05) is 29.8 Å². The number of thiazole rings is 1. The van der Waals surface area contributed by atoms with Gasteiger partial charge in [-0.2, -0.15) is 0 Å². The molecule has 0 saturated heterocycles. The van der Waals surface area contributed by atoms with Crippen molar-refractivity contribution in [3.8, 4) is 0 Å². The fraction of sp³-hybridized carbons (Fsp3) is 0.0667. The van der Waals surface area contributed by atoms with E-state index < -0.39 is 0 Å². The van der Waals surface area contributed by atoms with Crippen molar-refractivity contribution in [2.24, 2.45) is 0 Å². The first-order valence-corrected chi connectivity index (χ1v) is 7.95. The molecule has 0 spiro atoms. The summed E-state index contributed by atoms with van der Waals surface area (Å²) < 4.78 is 1.82. The molecule has 2 nitrogen and oxygen atoms in total. The van der Waals surface area contributed by atoms with Gasteiger partial charge in [0.1, 0.15) is 5.01 Å². The van der Waals surface area contributed by atoms with Gasteiger partial charge >= 0.3 is 0 Å². The van der Waals surface area contributed by atoms with E-state index in [0.29, 0.717) is 10.6 Å². The second-order valence-corrected chi connectivity index (χ2v) is 6.62. The van der Waals surface area contributed by atoms with Crippen molar-refractivity contribution >= 4 is 54.9 Å². The van der Waals surface area contributed by atoms with Crippen LogP contribution >= 0.6 is 38.9 Å². The molecule has 0 fully saturated rings. The first-order chi connectivity index (χ1) is 9.65. The van der Waals surface area contributed by atoms with E-state index in [2.05, 4.69) is 20.9 Å². The van der Waals surface area contributed by atoms with E-state index >= 15 is 0 Å². The van der Waals surface area contributed by atoms with E-state index in [9.17, 15) is 4.79 Å². The number of benzene rings is 2. The Morgan fingerprint density at radius 3 is 2.80 bits per heavy atom. The maximum absolute atomic E-state index is 12.3. The molecule has 0 aliphatic heterocycles. The Balaban J connectivity index is 1.90. The number of hydrogen-bond donors (Lipinski definition) is 0. The summed E-state index contributed by atoms with van der Waals surface area (Å²) in [4.78, 5) is 16.8. The van der Waals surface area contributed by atoms with E-state index in [-0.39, 0.29) is 12.2 Å². The third-order valence-electron chi connectivity index (χ3n) is 2.90. The van der Waals surface area contributed by atoms with Crippen LogP contribution in [0.4, 0.5) is 0 Å². The highest BCUT2D eigenvalue weighted by molar-refractivity contribution is 9.10. The van der Waals surface area contributed by atoms with Crippen molar-refractivity contribution in [1.82, 2.24) is 4.98 Å². The van der Waals surface area contributed by atoms with E-state index in [1.165, 1.54) is 0 Å². The molecule has 0 saturated carbocycles. The number of halogens is 2. The number of carbonyl (C=O) groups is 1. The average molecular weight is 367 g/mol. The second-order valence-electron chi connectivity index (χ2n) is 4.28. The van der Waals surface area contributed by atoms with Gasteiger partial charge in [0.25, 0.3) is 0 Å². The van der Waals surface area contributed by atoms with Gasteiger partial charge in [-0.3, -0.25) is 4.79 Å². The number of aromatic nitrogens is 1. The first-order valence-electron chi connectivity index (χ1n) is 5.97. The molecule has 0 aliphatic carbocycles. The highest BCUT2D eigenvalue weighted by atomic mass is 79.9. The number of Topliss-reactive ketones (excluding diaryl/α,β-unsaturated/α-hetero) is 1. The Bertz CT molecular complexity index is 766. The molecule has 0 N–H and O–H groups in total. The highest BCUT2D eigenvalue weighted by Gasteiger charge is 2.15. The molecule has 3 aromatic rings. The van der Waals surface area contributed by atoms with E-state index in [1.807, 2.05) is 36.4 Å². The summed E-state index contributed by atoms with van der Waals surface area (Å²) in [6, 6.07) is 13.2. The molecular weight excluding hydrogens is 358 g/mol. The smallest absolute Gasteiger partial charge is 0.171 e. The quantitative estimate of drug-likeness (QED) is 0.601. The lowest BCUT2D eigenvalue weighted by molar-refractivity contribution is 0.0993. The number of para-hydroxylation sites is 1. The molecule has 0 amide bonds. The number of nitrogens with zero attached hydrogens (tertiary/aromatic N) is 1. The van der Waals surface area contributed by atoms with Gasteiger partial charge < -0.3 is 0 Å². The van der Waals surface area contributed by atoms with E-state index in [1.54, 1.807) is 17.4 Å². The fourth-order valence-electron chi connectivity index (χ4n) is 1.95. The lowest BCUT2D eigenvalue weighted by Crippen LogP contribution is -2.04. The van der Waals surface area contributed by atoms with Crippen LogP contribution in [0.25, 0.3) is 10.2 Å². The van der Waals surface area contributed by atoms with Crippen LogP contribution in [0.1, 0.15) is 15.4 Å².